The minimum atomic E-state index is -0.0804. The molecule has 5 heteroatoms. The summed E-state index contributed by atoms with van der Waals surface area (Å²) in [7, 11) is 0. The third kappa shape index (κ3) is 1.78. The van der Waals surface area contributed by atoms with Gasteiger partial charge in [-0.3, -0.25) is 4.79 Å². The minimum Gasteiger partial charge on any atom is -0.273 e. The van der Waals surface area contributed by atoms with Gasteiger partial charge in [0.15, 0.2) is 0 Å². The largest absolute Gasteiger partial charge is 0.273 e. The number of β-lactam (4-membered cyclic amide) rings is 1. The topological polar surface area (TPSA) is 49.7 Å². The van der Waals surface area contributed by atoms with E-state index in [0.29, 0.717) is 6.42 Å². The lowest BCUT2D eigenvalue weighted by Gasteiger charge is -2.34. The zero-order valence-corrected chi connectivity index (χ0v) is 7.95. The molecule has 1 saturated heterocycles. The first kappa shape index (κ1) is 8.67. The van der Waals surface area contributed by atoms with E-state index < -0.39 is 0 Å². The number of hydrogen-bond acceptors (Lipinski definition) is 3. The standard InChI is InChI=1S/C6H7IN2O2/c7-2-1-5-3-6(11)9(5)8-4-10/h5H,1-3H2. The van der Waals surface area contributed by atoms with Gasteiger partial charge in [-0.05, 0) is 6.42 Å². The number of nitrogens with zero attached hydrogens (tertiary/aromatic N) is 2. The first-order chi connectivity index (χ1) is 5.29. The lowest BCUT2D eigenvalue weighted by molar-refractivity contribution is -0.145. The van der Waals surface area contributed by atoms with Crippen LogP contribution in [0.15, 0.2) is 5.10 Å². The molecule has 1 aliphatic heterocycles. The van der Waals surface area contributed by atoms with Gasteiger partial charge in [0, 0.05) is 4.43 Å². The van der Waals surface area contributed by atoms with Gasteiger partial charge < -0.3 is 0 Å². The lowest BCUT2D eigenvalue weighted by atomic mass is 10.0. The van der Waals surface area contributed by atoms with E-state index in [1.165, 1.54) is 11.1 Å². The number of alkyl halides is 1. The van der Waals surface area contributed by atoms with E-state index in [0.717, 1.165) is 10.8 Å². The van der Waals surface area contributed by atoms with Crippen LogP contribution >= 0.6 is 22.6 Å². The maximum atomic E-state index is 10.8. The van der Waals surface area contributed by atoms with E-state index in [2.05, 4.69) is 27.7 Å². The van der Waals surface area contributed by atoms with E-state index in [9.17, 15) is 9.59 Å². The molecule has 1 fully saturated rings. The molecule has 0 aliphatic carbocycles. The lowest BCUT2D eigenvalue weighted by Crippen LogP contribution is -2.49. The second-order valence-electron chi connectivity index (χ2n) is 2.27. The van der Waals surface area contributed by atoms with Crippen molar-refractivity contribution in [3.05, 3.63) is 0 Å². The van der Waals surface area contributed by atoms with Crippen LogP contribution in [0, 0.1) is 0 Å². The fourth-order valence-electron chi connectivity index (χ4n) is 1.00. The molecule has 0 aromatic heterocycles. The Morgan fingerprint density at radius 1 is 1.82 bits per heavy atom. The zero-order valence-electron chi connectivity index (χ0n) is 5.79. The summed E-state index contributed by atoms with van der Waals surface area (Å²) in [6, 6.07) is 0.140. The number of hydrogen-bond donors (Lipinski definition) is 0. The van der Waals surface area contributed by atoms with Crippen LogP contribution in [0.2, 0.25) is 0 Å². The number of halogens is 1. The fourth-order valence-corrected chi connectivity index (χ4v) is 1.72. The Balaban J connectivity index is 2.47. The van der Waals surface area contributed by atoms with Crippen LogP contribution in [-0.4, -0.2) is 27.5 Å². The Kier molecular flexibility index (Phi) is 3.02. The molecule has 1 rings (SSSR count). The van der Waals surface area contributed by atoms with Crippen LogP contribution < -0.4 is 0 Å². The van der Waals surface area contributed by atoms with Gasteiger partial charge in [0.2, 0.25) is 5.91 Å². The number of amides is 1. The molecule has 4 nitrogen and oxygen atoms in total. The second-order valence-corrected chi connectivity index (χ2v) is 3.34. The summed E-state index contributed by atoms with van der Waals surface area (Å²) < 4.78 is 0.973. The summed E-state index contributed by atoms with van der Waals surface area (Å²) >= 11 is 2.23. The number of carbonyl (C=O) groups is 1. The summed E-state index contributed by atoms with van der Waals surface area (Å²) in [5, 5.41) is 4.50. The van der Waals surface area contributed by atoms with Crippen LogP contribution in [0.1, 0.15) is 12.8 Å². The van der Waals surface area contributed by atoms with Crippen molar-refractivity contribution in [1.82, 2.24) is 5.01 Å². The molecule has 1 heterocycles. The van der Waals surface area contributed by atoms with Crippen molar-refractivity contribution >= 4 is 34.6 Å². The number of isocyanates is 1. The van der Waals surface area contributed by atoms with Gasteiger partial charge in [0.1, 0.15) is 0 Å². The Morgan fingerprint density at radius 2 is 2.55 bits per heavy atom. The average Bonchev–Trinajstić information content (AvgIpc) is 2.00. The highest BCUT2D eigenvalue weighted by Gasteiger charge is 2.35. The van der Waals surface area contributed by atoms with Crippen molar-refractivity contribution in [1.29, 1.82) is 0 Å². The molecule has 11 heavy (non-hydrogen) atoms. The fraction of sp³-hybridized carbons (Fsp3) is 0.667. The van der Waals surface area contributed by atoms with Crippen molar-refractivity contribution in [2.45, 2.75) is 18.9 Å². The minimum absolute atomic E-state index is 0.0804. The molecule has 0 N–H and O–H groups in total. The first-order valence-corrected chi connectivity index (χ1v) is 4.78. The molecule has 1 amide bonds. The summed E-state index contributed by atoms with van der Waals surface area (Å²) in [6.07, 6.45) is 2.79. The number of hydrazone groups is 1. The summed E-state index contributed by atoms with van der Waals surface area (Å²) in [5.41, 5.74) is 0. The van der Waals surface area contributed by atoms with Gasteiger partial charge in [-0.1, -0.05) is 27.7 Å². The van der Waals surface area contributed by atoms with Crippen LogP contribution in [0.3, 0.4) is 0 Å². The normalized spacial score (nSPS) is 22.5. The molecule has 0 aromatic carbocycles. The molecule has 0 radical (unpaired) electrons. The Morgan fingerprint density at radius 3 is 3.00 bits per heavy atom. The molecule has 1 atom stereocenters. The maximum absolute atomic E-state index is 10.8. The molecular weight excluding hydrogens is 259 g/mol. The van der Waals surface area contributed by atoms with Crippen LogP contribution in [-0.2, 0) is 9.59 Å². The van der Waals surface area contributed by atoms with Gasteiger partial charge >= 0.3 is 0 Å². The van der Waals surface area contributed by atoms with Gasteiger partial charge in [-0.25, -0.2) is 9.80 Å². The van der Waals surface area contributed by atoms with Gasteiger partial charge in [-0.15, -0.1) is 0 Å². The van der Waals surface area contributed by atoms with Crippen LogP contribution in [0.4, 0.5) is 0 Å². The van der Waals surface area contributed by atoms with Crippen molar-refractivity contribution < 1.29 is 9.59 Å². The second kappa shape index (κ2) is 3.82. The quantitative estimate of drug-likeness (QED) is 0.248. The van der Waals surface area contributed by atoms with Crippen molar-refractivity contribution in [2.75, 3.05) is 4.43 Å². The van der Waals surface area contributed by atoms with Crippen LogP contribution in [0.25, 0.3) is 0 Å². The summed E-state index contributed by atoms with van der Waals surface area (Å²) in [4.78, 5) is 20.6. The van der Waals surface area contributed by atoms with Crippen molar-refractivity contribution in [3.8, 4) is 0 Å². The predicted octanol–water partition coefficient (Wildman–Crippen LogP) is 0.663. The van der Waals surface area contributed by atoms with Crippen LogP contribution in [0.5, 0.6) is 0 Å². The van der Waals surface area contributed by atoms with E-state index in [-0.39, 0.29) is 11.9 Å². The monoisotopic (exact) mass is 266 g/mol. The molecule has 1 unspecified atom stereocenters. The van der Waals surface area contributed by atoms with Crippen molar-refractivity contribution in [3.63, 3.8) is 0 Å². The summed E-state index contributed by atoms with van der Waals surface area (Å²) in [5.74, 6) is -0.0804. The highest BCUT2D eigenvalue weighted by molar-refractivity contribution is 14.1. The molecule has 0 aromatic rings. The zero-order chi connectivity index (χ0) is 8.27. The number of rotatable bonds is 3. The molecule has 1 aliphatic rings. The maximum Gasteiger partial charge on any atom is 0.258 e. The Hall–Kier alpha value is -0.420. The van der Waals surface area contributed by atoms with E-state index in [1.54, 1.807) is 0 Å². The average molecular weight is 266 g/mol. The van der Waals surface area contributed by atoms with E-state index in [4.69, 9.17) is 0 Å². The van der Waals surface area contributed by atoms with Gasteiger partial charge in [0.25, 0.3) is 6.08 Å². The van der Waals surface area contributed by atoms with Gasteiger partial charge in [0.05, 0.1) is 12.5 Å². The predicted molar refractivity (Wildman–Crippen MR) is 46.9 cm³/mol. The Labute approximate surface area is 77.8 Å². The van der Waals surface area contributed by atoms with E-state index in [1.807, 2.05) is 0 Å². The third-order valence-electron chi connectivity index (χ3n) is 1.60. The first-order valence-electron chi connectivity index (χ1n) is 3.25. The summed E-state index contributed by atoms with van der Waals surface area (Å²) in [6.45, 7) is 0. The van der Waals surface area contributed by atoms with Crippen molar-refractivity contribution in [2.24, 2.45) is 5.10 Å². The SMILES string of the molecule is O=C=NN1C(=O)CC1CCI. The molecule has 60 valence electrons. The smallest absolute Gasteiger partial charge is 0.258 e. The Bertz CT molecular complexity index is 211. The van der Waals surface area contributed by atoms with Gasteiger partial charge in [-0.2, -0.15) is 0 Å². The molecule has 0 saturated carbocycles. The molecular formula is C6H7IN2O2. The highest BCUT2D eigenvalue weighted by atomic mass is 127. The highest BCUT2D eigenvalue weighted by Crippen LogP contribution is 2.22. The molecule has 0 bridgehead atoms. The number of carbonyl (C=O) groups excluding carboxylic acids is 2. The third-order valence-corrected chi connectivity index (χ3v) is 2.23. The molecule has 0 spiro atoms. The van der Waals surface area contributed by atoms with E-state index >= 15 is 0 Å².